The Morgan fingerprint density at radius 3 is 2.40 bits per heavy atom. The number of nitrogens with one attached hydrogen (secondary N) is 2. The van der Waals surface area contributed by atoms with E-state index in [1.54, 1.807) is 0 Å². The molecule has 1 rings (SSSR count). The second-order valence-electron chi connectivity index (χ2n) is 4.44. The van der Waals surface area contributed by atoms with Crippen LogP contribution in [0.3, 0.4) is 0 Å². The second-order valence-corrected chi connectivity index (χ2v) is 4.44. The van der Waals surface area contributed by atoms with Crippen LogP contribution in [0.2, 0.25) is 0 Å². The van der Waals surface area contributed by atoms with E-state index in [9.17, 15) is 9.59 Å². The number of hydrogen-bond donors (Lipinski definition) is 4. The smallest absolute Gasteiger partial charge is 0.328 e. The van der Waals surface area contributed by atoms with Gasteiger partial charge in [0.2, 0.25) is 0 Å². The fourth-order valence-electron chi connectivity index (χ4n) is 1.26. The lowest BCUT2D eigenvalue weighted by Gasteiger charge is -2.13. The minimum absolute atomic E-state index is 0.0886. The number of carboxylic acid groups (broad SMARTS) is 1. The highest BCUT2D eigenvalue weighted by atomic mass is 16.4. The molecule has 86 valence electrons. The summed E-state index contributed by atoms with van der Waals surface area (Å²) in [5.74, 6) is -1.25. The third-order valence-corrected chi connectivity index (χ3v) is 2.60. The Morgan fingerprint density at radius 2 is 2.07 bits per heavy atom. The van der Waals surface area contributed by atoms with Crippen molar-refractivity contribution in [2.45, 2.75) is 32.4 Å². The quantitative estimate of drug-likeness (QED) is 0.510. The van der Waals surface area contributed by atoms with E-state index in [-0.39, 0.29) is 11.5 Å². The van der Waals surface area contributed by atoms with E-state index in [0.717, 1.165) is 6.42 Å². The van der Waals surface area contributed by atoms with E-state index in [0.29, 0.717) is 0 Å². The molecule has 1 saturated carbocycles. The average Bonchev–Trinajstić information content (AvgIpc) is 2.69. The first-order chi connectivity index (χ1) is 6.86. The molecule has 0 aromatic heterocycles. The SMILES string of the molecule is CC1(C)CC1NC(=O)N[C@@H](CO)C(=O)O. The number of urea groups is 1. The topological polar surface area (TPSA) is 98.7 Å². The van der Waals surface area contributed by atoms with Crippen molar-refractivity contribution in [3.05, 3.63) is 0 Å². The molecule has 2 atom stereocenters. The summed E-state index contributed by atoms with van der Waals surface area (Å²) in [4.78, 5) is 21.8. The molecule has 0 aromatic rings. The first-order valence-electron chi connectivity index (χ1n) is 4.77. The average molecular weight is 216 g/mol. The van der Waals surface area contributed by atoms with Crippen molar-refractivity contribution in [1.82, 2.24) is 10.6 Å². The van der Waals surface area contributed by atoms with Crippen LogP contribution in [0.25, 0.3) is 0 Å². The Labute approximate surface area is 87.7 Å². The summed E-state index contributed by atoms with van der Waals surface area (Å²) < 4.78 is 0. The summed E-state index contributed by atoms with van der Waals surface area (Å²) in [6, 6.07) is -1.70. The molecule has 1 aliphatic carbocycles. The molecule has 15 heavy (non-hydrogen) atoms. The zero-order valence-corrected chi connectivity index (χ0v) is 8.78. The summed E-state index contributed by atoms with van der Waals surface area (Å²) in [5, 5.41) is 22.1. The van der Waals surface area contributed by atoms with Gasteiger partial charge in [-0.1, -0.05) is 13.8 Å². The molecular formula is C9H16N2O4. The van der Waals surface area contributed by atoms with Crippen LogP contribution in [0.15, 0.2) is 0 Å². The lowest BCUT2D eigenvalue weighted by molar-refractivity contribution is -0.140. The second kappa shape index (κ2) is 4.06. The summed E-state index contributed by atoms with van der Waals surface area (Å²) >= 11 is 0. The number of rotatable bonds is 4. The number of carbonyl (C=O) groups is 2. The summed E-state index contributed by atoms with van der Waals surface area (Å²) in [7, 11) is 0. The van der Waals surface area contributed by atoms with Gasteiger partial charge in [-0.2, -0.15) is 0 Å². The minimum Gasteiger partial charge on any atom is -0.480 e. The molecule has 0 bridgehead atoms. The molecule has 0 aromatic carbocycles. The van der Waals surface area contributed by atoms with Crippen molar-refractivity contribution in [1.29, 1.82) is 0 Å². The van der Waals surface area contributed by atoms with E-state index in [4.69, 9.17) is 10.2 Å². The monoisotopic (exact) mass is 216 g/mol. The van der Waals surface area contributed by atoms with Gasteiger partial charge in [0.25, 0.3) is 0 Å². The van der Waals surface area contributed by atoms with E-state index in [1.165, 1.54) is 0 Å². The van der Waals surface area contributed by atoms with Gasteiger partial charge in [-0.3, -0.25) is 0 Å². The Bertz CT molecular complexity index is 277. The number of carboxylic acids is 1. The third-order valence-electron chi connectivity index (χ3n) is 2.60. The van der Waals surface area contributed by atoms with E-state index in [1.807, 2.05) is 13.8 Å². The van der Waals surface area contributed by atoms with Crippen LogP contribution in [-0.2, 0) is 4.79 Å². The van der Waals surface area contributed by atoms with Crippen molar-refractivity contribution in [2.75, 3.05) is 6.61 Å². The van der Waals surface area contributed by atoms with Crippen LogP contribution in [0, 0.1) is 5.41 Å². The molecule has 0 aliphatic heterocycles. The Balaban J connectivity index is 2.33. The Hall–Kier alpha value is -1.30. The predicted molar refractivity (Wildman–Crippen MR) is 52.4 cm³/mol. The van der Waals surface area contributed by atoms with E-state index in [2.05, 4.69) is 10.6 Å². The van der Waals surface area contributed by atoms with Gasteiger partial charge in [-0.15, -0.1) is 0 Å². The lowest BCUT2D eigenvalue weighted by Crippen LogP contribution is -2.48. The molecule has 0 spiro atoms. The van der Waals surface area contributed by atoms with Crippen LogP contribution in [0.4, 0.5) is 4.79 Å². The van der Waals surface area contributed by atoms with Gasteiger partial charge < -0.3 is 20.8 Å². The van der Waals surface area contributed by atoms with Gasteiger partial charge in [0, 0.05) is 6.04 Å². The maximum Gasteiger partial charge on any atom is 0.328 e. The molecule has 6 nitrogen and oxygen atoms in total. The first-order valence-corrected chi connectivity index (χ1v) is 4.77. The number of aliphatic hydroxyl groups excluding tert-OH is 1. The molecule has 6 heteroatoms. The molecule has 2 amide bonds. The summed E-state index contributed by atoms with van der Waals surface area (Å²) in [6.45, 7) is 3.41. The standard InChI is InChI=1S/C9H16N2O4/c1-9(2)3-6(9)11-8(15)10-5(4-12)7(13)14/h5-6,12H,3-4H2,1-2H3,(H,13,14)(H2,10,11,15)/t5-,6?/m0/s1. The number of carbonyl (C=O) groups excluding carboxylic acids is 1. The maximum atomic E-state index is 11.3. The zero-order valence-electron chi connectivity index (χ0n) is 8.78. The van der Waals surface area contributed by atoms with Crippen LogP contribution in [0.1, 0.15) is 20.3 Å². The van der Waals surface area contributed by atoms with Gasteiger partial charge >= 0.3 is 12.0 Å². The molecule has 1 fully saturated rings. The third kappa shape index (κ3) is 3.09. The molecule has 4 N–H and O–H groups in total. The molecule has 0 radical (unpaired) electrons. The van der Waals surface area contributed by atoms with E-state index < -0.39 is 24.6 Å². The highest BCUT2D eigenvalue weighted by Gasteiger charge is 2.46. The fourth-order valence-corrected chi connectivity index (χ4v) is 1.26. The van der Waals surface area contributed by atoms with Crippen LogP contribution in [0.5, 0.6) is 0 Å². The summed E-state index contributed by atoms with van der Waals surface area (Å²) in [5.41, 5.74) is 0.0925. The molecule has 0 heterocycles. The van der Waals surface area contributed by atoms with Crippen molar-refractivity contribution in [3.63, 3.8) is 0 Å². The van der Waals surface area contributed by atoms with Crippen LogP contribution in [-0.4, -0.2) is 40.9 Å². The van der Waals surface area contributed by atoms with Gasteiger partial charge in [-0.05, 0) is 11.8 Å². The molecule has 1 aliphatic rings. The Kier molecular flexibility index (Phi) is 3.18. The van der Waals surface area contributed by atoms with Gasteiger partial charge in [0.05, 0.1) is 6.61 Å². The van der Waals surface area contributed by atoms with E-state index >= 15 is 0 Å². The minimum atomic E-state index is -1.25. The van der Waals surface area contributed by atoms with Gasteiger partial charge in [0.1, 0.15) is 0 Å². The van der Waals surface area contributed by atoms with Gasteiger partial charge in [-0.25, -0.2) is 9.59 Å². The zero-order chi connectivity index (χ0) is 11.6. The predicted octanol–water partition coefficient (Wildman–Crippen LogP) is -0.470. The summed E-state index contributed by atoms with van der Waals surface area (Å²) in [6.07, 6.45) is 0.886. The first kappa shape index (κ1) is 11.8. The van der Waals surface area contributed by atoms with Crippen molar-refractivity contribution < 1.29 is 19.8 Å². The number of aliphatic hydroxyl groups is 1. The molecule has 0 saturated heterocycles. The molecule has 1 unspecified atom stereocenters. The van der Waals surface area contributed by atoms with Crippen molar-refractivity contribution in [2.24, 2.45) is 5.41 Å². The van der Waals surface area contributed by atoms with Gasteiger partial charge in [0.15, 0.2) is 6.04 Å². The molecular weight excluding hydrogens is 200 g/mol. The number of aliphatic carboxylic acids is 1. The highest BCUT2D eigenvalue weighted by Crippen LogP contribution is 2.44. The number of amides is 2. The van der Waals surface area contributed by atoms with Crippen molar-refractivity contribution >= 4 is 12.0 Å². The van der Waals surface area contributed by atoms with Crippen molar-refractivity contribution in [3.8, 4) is 0 Å². The Morgan fingerprint density at radius 1 is 1.53 bits per heavy atom. The lowest BCUT2D eigenvalue weighted by atomic mass is 10.2. The largest absolute Gasteiger partial charge is 0.480 e. The number of hydrogen-bond acceptors (Lipinski definition) is 3. The van der Waals surface area contributed by atoms with Crippen LogP contribution >= 0.6 is 0 Å². The maximum absolute atomic E-state index is 11.3. The normalized spacial score (nSPS) is 24.1. The highest BCUT2D eigenvalue weighted by molar-refractivity contribution is 5.82. The van der Waals surface area contributed by atoms with Crippen LogP contribution < -0.4 is 10.6 Å². The fraction of sp³-hybridized carbons (Fsp3) is 0.778.